The fourth-order valence-corrected chi connectivity index (χ4v) is 2.32. The number of rotatable bonds is 5. The molecule has 0 aliphatic carbocycles. The normalized spacial score (nSPS) is 10.7. The van der Waals surface area contributed by atoms with Crippen molar-refractivity contribution in [2.45, 2.75) is 19.8 Å². The molecular weight excluding hydrogens is 292 g/mol. The SMILES string of the molecule is CCCC(=O)Nc1cccc(-c2cn3nc(OC)ccc3n2)c1. The summed E-state index contributed by atoms with van der Waals surface area (Å²) in [6, 6.07) is 11.2. The van der Waals surface area contributed by atoms with Gasteiger partial charge in [-0.05, 0) is 24.6 Å². The third-order valence-electron chi connectivity index (χ3n) is 3.42. The molecule has 0 spiro atoms. The van der Waals surface area contributed by atoms with Crippen LogP contribution in [-0.2, 0) is 4.79 Å². The molecule has 0 aliphatic rings. The molecule has 1 N–H and O–H groups in total. The number of anilines is 1. The van der Waals surface area contributed by atoms with Gasteiger partial charge in [0, 0.05) is 23.7 Å². The number of imidazole rings is 1. The number of carbonyl (C=O) groups excluding carboxylic acids is 1. The third-order valence-corrected chi connectivity index (χ3v) is 3.42. The Morgan fingerprint density at radius 1 is 1.30 bits per heavy atom. The highest BCUT2D eigenvalue weighted by atomic mass is 16.5. The molecule has 0 saturated heterocycles. The van der Waals surface area contributed by atoms with Gasteiger partial charge in [-0.2, -0.15) is 0 Å². The summed E-state index contributed by atoms with van der Waals surface area (Å²) >= 11 is 0. The van der Waals surface area contributed by atoms with Gasteiger partial charge in [-0.1, -0.05) is 19.1 Å². The molecule has 0 radical (unpaired) electrons. The molecule has 1 amide bonds. The van der Waals surface area contributed by atoms with E-state index >= 15 is 0 Å². The topological polar surface area (TPSA) is 68.5 Å². The molecule has 0 atom stereocenters. The summed E-state index contributed by atoms with van der Waals surface area (Å²) in [5.41, 5.74) is 3.21. The number of nitrogens with one attached hydrogen (secondary N) is 1. The highest BCUT2D eigenvalue weighted by Gasteiger charge is 2.08. The molecule has 0 fully saturated rings. The van der Waals surface area contributed by atoms with Crippen molar-refractivity contribution >= 4 is 17.2 Å². The predicted molar refractivity (Wildman–Crippen MR) is 88.5 cm³/mol. The van der Waals surface area contributed by atoms with Gasteiger partial charge < -0.3 is 10.1 Å². The number of hydrogen-bond acceptors (Lipinski definition) is 4. The van der Waals surface area contributed by atoms with Crippen LogP contribution in [-0.4, -0.2) is 27.6 Å². The Morgan fingerprint density at radius 2 is 2.17 bits per heavy atom. The van der Waals surface area contributed by atoms with Crippen LogP contribution in [0.15, 0.2) is 42.6 Å². The molecular formula is C17H18N4O2. The maximum absolute atomic E-state index is 11.7. The summed E-state index contributed by atoms with van der Waals surface area (Å²) in [7, 11) is 1.58. The largest absolute Gasteiger partial charge is 0.480 e. The summed E-state index contributed by atoms with van der Waals surface area (Å²) in [4.78, 5) is 16.3. The van der Waals surface area contributed by atoms with Crippen LogP contribution < -0.4 is 10.1 Å². The predicted octanol–water partition coefficient (Wildman–Crippen LogP) is 3.14. The zero-order valence-corrected chi connectivity index (χ0v) is 13.1. The van der Waals surface area contributed by atoms with E-state index in [1.807, 2.05) is 43.5 Å². The summed E-state index contributed by atoms with van der Waals surface area (Å²) in [6.07, 6.45) is 3.18. The summed E-state index contributed by atoms with van der Waals surface area (Å²) < 4.78 is 6.79. The van der Waals surface area contributed by atoms with E-state index in [9.17, 15) is 4.79 Å². The molecule has 2 heterocycles. The zero-order valence-electron chi connectivity index (χ0n) is 13.1. The first-order chi connectivity index (χ1) is 11.2. The standard InChI is InChI=1S/C17H18N4O2/c1-3-5-16(22)18-13-7-4-6-12(10-13)14-11-21-15(19-14)8-9-17(20-21)23-2/h4,6-11H,3,5H2,1-2H3,(H,18,22). The Balaban J connectivity index is 1.90. The lowest BCUT2D eigenvalue weighted by molar-refractivity contribution is -0.116. The van der Waals surface area contributed by atoms with Gasteiger partial charge in [-0.15, -0.1) is 5.10 Å². The Hall–Kier alpha value is -2.89. The van der Waals surface area contributed by atoms with Crippen LogP contribution in [0.2, 0.25) is 0 Å². The third kappa shape index (κ3) is 3.31. The first kappa shape index (κ1) is 15.0. The monoisotopic (exact) mass is 310 g/mol. The first-order valence-corrected chi connectivity index (χ1v) is 7.50. The number of ether oxygens (including phenoxy) is 1. The van der Waals surface area contributed by atoms with Gasteiger partial charge in [0.1, 0.15) is 0 Å². The maximum atomic E-state index is 11.7. The van der Waals surface area contributed by atoms with E-state index in [1.54, 1.807) is 17.7 Å². The number of benzene rings is 1. The highest BCUT2D eigenvalue weighted by Crippen LogP contribution is 2.23. The lowest BCUT2D eigenvalue weighted by atomic mass is 10.1. The van der Waals surface area contributed by atoms with Crippen LogP contribution in [0.5, 0.6) is 5.88 Å². The number of methoxy groups -OCH3 is 1. The van der Waals surface area contributed by atoms with E-state index in [0.717, 1.165) is 29.0 Å². The van der Waals surface area contributed by atoms with Gasteiger partial charge in [0.25, 0.3) is 0 Å². The molecule has 6 heteroatoms. The van der Waals surface area contributed by atoms with Crippen LogP contribution in [0.1, 0.15) is 19.8 Å². The molecule has 2 aromatic heterocycles. The van der Waals surface area contributed by atoms with Crippen molar-refractivity contribution in [1.82, 2.24) is 14.6 Å². The number of hydrogen-bond donors (Lipinski definition) is 1. The van der Waals surface area contributed by atoms with Gasteiger partial charge in [0.15, 0.2) is 5.65 Å². The fraction of sp³-hybridized carbons (Fsp3) is 0.235. The Labute approximate surface area is 134 Å². The van der Waals surface area contributed by atoms with Crippen molar-refractivity contribution in [2.24, 2.45) is 0 Å². The molecule has 23 heavy (non-hydrogen) atoms. The van der Waals surface area contributed by atoms with Crippen molar-refractivity contribution in [3.05, 3.63) is 42.6 Å². The van der Waals surface area contributed by atoms with E-state index < -0.39 is 0 Å². The maximum Gasteiger partial charge on any atom is 0.231 e. The molecule has 0 unspecified atom stereocenters. The minimum Gasteiger partial charge on any atom is -0.480 e. The van der Waals surface area contributed by atoms with Gasteiger partial charge in [-0.3, -0.25) is 4.79 Å². The van der Waals surface area contributed by atoms with Crippen molar-refractivity contribution in [3.8, 4) is 17.1 Å². The second-order valence-corrected chi connectivity index (χ2v) is 5.18. The molecule has 0 saturated carbocycles. The lowest BCUT2D eigenvalue weighted by Gasteiger charge is -2.05. The molecule has 3 rings (SSSR count). The lowest BCUT2D eigenvalue weighted by Crippen LogP contribution is -2.10. The quantitative estimate of drug-likeness (QED) is 0.786. The fourth-order valence-electron chi connectivity index (χ4n) is 2.32. The average Bonchev–Trinajstić information content (AvgIpc) is 2.98. The number of nitrogens with zero attached hydrogens (tertiary/aromatic N) is 3. The Morgan fingerprint density at radius 3 is 2.96 bits per heavy atom. The number of carbonyl (C=O) groups is 1. The van der Waals surface area contributed by atoms with Crippen LogP contribution in [0, 0.1) is 0 Å². The van der Waals surface area contributed by atoms with Gasteiger partial charge >= 0.3 is 0 Å². The van der Waals surface area contributed by atoms with E-state index in [-0.39, 0.29) is 5.91 Å². The smallest absolute Gasteiger partial charge is 0.231 e. The van der Waals surface area contributed by atoms with Crippen LogP contribution in [0.3, 0.4) is 0 Å². The van der Waals surface area contributed by atoms with Crippen molar-refractivity contribution in [1.29, 1.82) is 0 Å². The van der Waals surface area contributed by atoms with Crippen LogP contribution >= 0.6 is 0 Å². The highest BCUT2D eigenvalue weighted by molar-refractivity contribution is 5.91. The van der Waals surface area contributed by atoms with Crippen molar-refractivity contribution in [3.63, 3.8) is 0 Å². The minimum absolute atomic E-state index is 0.0195. The summed E-state index contributed by atoms with van der Waals surface area (Å²) in [5, 5.41) is 7.19. The summed E-state index contributed by atoms with van der Waals surface area (Å²) in [5.74, 6) is 0.549. The molecule has 6 nitrogen and oxygen atoms in total. The first-order valence-electron chi connectivity index (χ1n) is 7.50. The Bertz CT molecular complexity index is 841. The second-order valence-electron chi connectivity index (χ2n) is 5.18. The van der Waals surface area contributed by atoms with Gasteiger partial charge in [0.05, 0.1) is 19.0 Å². The van der Waals surface area contributed by atoms with E-state index in [4.69, 9.17) is 4.74 Å². The van der Waals surface area contributed by atoms with Gasteiger partial charge in [0.2, 0.25) is 11.8 Å². The number of aromatic nitrogens is 3. The van der Waals surface area contributed by atoms with Crippen molar-refractivity contribution in [2.75, 3.05) is 12.4 Å². The average molecular weight is 310 g/mol. The van der Waals surface area contributed by atoms with Crippen LogP contribution in [0.25, 0.3) is 16.9 Å². The number of fused-ring (bicyclic) bond motifs is 1. The molecule has 0 bridgehead atoms. The molecule has 0 aliphatic heterocycles. The molecule has 118 valence electrons. The van der Waals surface area contributed by atoms with E-state index in [1.165, 1.54) is 0 Å². The van der Waals surface area contributed by atoms with Crippen LogP contribution in [0.4, 0.5) is 5.69 Å². The molecule has 3 aromatic rings. The van der Waals surface area contributed by atoms with Crippen molar-refractivity contribution < 1.29 is 9.53 Å². The summed E-state index contributed by atoms with van der Waals surface area (Å²) in [6.45, 7) is 1.98. The van der Waals surface area contributed by atoms with E-state index in [2.05, 4.69) is 15.4 Å². The molecule has 1 aromatic carbocycles. The van der Waals surface area contributed by atoms with E-state index in [0.29, 0.717) is 12.3 Å². The van der Waals surface area contributed by atoms with Gasteiger partial charge in [-0.25, -0.2) is 9.50 Å². The zero-order chi connectivity index (χ0) is 16.2. The minimum atomic E-state index is 0.0195. The Kier molecular flexibility index (Phi) is 4.23. The number of amides is 1. The second kappa shape index (κ2) is 6.48.